The summed E-state index contributed by atoms with van der Waals surface area (Å²) in [5.41, 5.74) is 3.00. The Kier molecular flexibility index (Phi) is 3.83. The maximum Gasteiger partial charge on any atom is 0.358 e. The molecule has 0 saturated carbocycles. The standard InChI is InChI=1S/C18H18FN3O2/c1-18(2,3)13-9-14(11-5-7-12(19)8-6-11)21-22-10-15(17(23)24-4)20-16(13)22/h5-10H,1-4H3. The third kappa shape index (κ3) is 2.87. The fraction of sp³-hybridized carbons (Fsp3) is 0.278. The normalized spacial score (nSPS) is 11.7. The van der Waals surface area contributed by atoms with Crippen LogP contribution in [0.3, 0.4) is 0 Å². The van der Waals surface area contributed by atoms with Gasteiger partial charge in [0.2, 0.25) is 0 Å². The van der Waals surface area contributed by atoms with E-state index in [0.717, 1.165) is 11.1 Å². The average molecular weight is 327 g/mol. The summed E-state index contributed by atoms with van der Waals surface area (Å²) in [6.07, 6.45) is 1.55. The van der Waals surface area contributed by atoms with Crippen molar-refractivity contribution < 1.29 is 13.9 Å². The largest absolute Gasteiger partial charge is 0.464 e. The lowest BCUT2D eigenvalue weighted by molar-refractivity contribution is 0.0594. The first kappa shape index (κ1) is 16.1. The number of carbonyl (C=O) groups is 1. The molecule has 0 bridgehead atoms. The number of halogens is 1. The Labute approximate surface area is 139 Å². The molecule has 24 heavy (non-hydrogen) atoms. The highest BCUT2D eigenvalue weighted by atomic mass is 19.1. The van der Waals surface area contributed by atoms with Gasteiger partial charge >= 0.3 is 5.97 Å². The molecule has 0 radical (unpaired) electrons. The minimum absolute atomic E-state index is 0.201. The Morgan fingerprint density at radius 2 is 1.88 bits per heavy atom. The van der Waals surface area contributed by atoms with Crippen molar-refractivity contribution in [3.05, 3.63) is 53.6 Å². The van der Waals surface area contributed by atoms with Gasteiger partial charge in [-0.05, 0) is 35.7 Å². The van der Waals surface area contributed by atoms with E-state index in [4.69, 9.17) is 4.74 Å². The Bertz CT molecular complexity index is 908. The molecule has 0 aliphatic heterocycles. The van der Waals surface area contributed by atoms with Crippen LogP contribution in [0.4, 0.5) is 4.39 Å². The van der Waals surface area contributed by atoms with Gasteiger partial charge < -0.3 is 4.74 Å². The van der Waals surface area contributed by atoms with Crippen LogP contribution in [0.25, 0.3) is 16.9 Å². The molecular weight excluding hydrogens is 309 g/mol. The number of rotatable bonds is 2. The van der Waals surface area contributed by atoms with Gasteiger partial charge in [0.15, 0.2) is 11.3 Å². The number of fused-ring (bicyclic) bond motifs is 1. The van der Waals surface area contributed by atoms with Gasteiger partial charge in [0.05, 0.1) is 19.0 Å². The average Bonchev–Trinajstić information content (AvgIpc) is 2.96. The second-order valence-corrected chi connectivity index (χ2v) is 6.59. The van der Waals surface area contributed by atoms with Gasteiger partial charge in [-0.25, -0.2) is 18.7 Å². The van der Waals surface area contributed by atoms with Crippen LogP contribution in [-0.2, 0) is 10.2 Å². The predicted molar refractivity (Wildman–Crippen MR) is 88.4 cm³/mol. The zero-order chi connectivity index (χ0) is 17.5. The highest BCUT2D eigenvalue weighted by Gasteiger charge is 2.23. The summed E-state index contributed by atoms with van der Waals surface area (Å²) in [7, 11) is 1.31. The zero-order valence-corrected chi connectivity index (χ0v) is 14.0. The third-order valence-corrected chi connectivity index (χ3v) is 3.77. The number of methoxy groups -OCH3 is 1. The van der Waals surface area contributed by atoms with Crippen LogP contribution in [0.2, 0.25) is 0 Å². The van der Waals surface area contributed by atoms with Crippen molar-refractivity contribution >= 4 is 11.6 Å². The van der Waals surface area contributed by atoms with Crippen molar-refractivity contribution in [1.82, 2.24) is 14.6 Å². The summed E-state index contributed by atoms with van der Waals surface area (Å²) in [6, 6.07) is 8.07. The summed E-state index contributed by atoms with van der Waals surface area (Å²) >= 11 is 0. The van der Waals surface area contributed by atoms with E-state index in [-0.39, 0.29) is 16.9 Å². The van der Waals surface area contributed by atoms with Gasteiger partial charge in [0.25, 0.3) is 0 Å². The Morgan fingerprint density at radius 1 is 1.21 bits per heavy atom. The molecule has 0 spiro atoms. The van der Waals surface area contributed by atoms with Crippen molar-refractivity contribution in [2.24, 2.45) is 0 Å². The van der Waals surface area contributed by atoms with Crippen molar-refractivity contribution in [3.8, 4) is 11.3 Å². The van der Waals surface area contributed by atoms with Gasteiger partial charge in [0, 0.05) is 11.1 Å². The molecule has 2 aromatic heterocycles. The Morgan fingerprint density at radius 3 is 2.46 bits per heavy atom. The molecule has 0 fully saturated rings. The van der Waals surface area contributed by atoms with Gasteiger partial charge in [-0.3, -0.25) is 0 Å². The van der Waals surface area contributed by atoms with E-state index in [0.29, 0.717) is 11.3 Å². The van der Waals surface area contributed by atoms with Crippen LogP contribution in [-0.4, -0.2) is 27.7 Å². The molecule has 124 valence electrons. The van der Waals surface area contributed by atoms with E-state index >= 15 is 0 Å². The fourth-order valence-corrected chi connectivity index (χ4v) is 2.49. The first-order chi connectivity index (χ1) is 11.3. The quantitative estimate of drug-likeness (QED) is 0.675. The number of ether oxygens (including phenoxy) is 1. The smallest absolute Gasteiger partial charge is 0.358 e. The number of carbonyl (C=O) groups excluding carboxylic acids is 1. The van der Waals surface area contributed by atoms with Gasteiger partial charge in [0.1, 0.15) is 5.82 Å². The summed E-state index contributed by atoms with van der Waals surface area (Å²) < 4.78 is 19.5. The van der Waals surface area contributed by atoms with Crippen LogP contribution in [0, 0.1) is 5.82 Å². The van der Waals surface area contributed by atoms with E-state index in [1.165, 1.54) is 19.2 Å². The molecule has 0 N–H and O–H groups in total. The summed E-state index contributed by atoms with van der Waals surface area (Å²) in [5, 5.41) is 4.51. The topological polar surface area (TPSA) is 56.5 Å². The minimum atomic E-state index is -0.510. The van der Waals surface area contributed by atoms with Crippen molar-refractivity contribution in [2.45, 2.75) is 26.2 Å². The maximum absolute atomic E-state index is 13.2. The van der Waals surface area contributed by atoms with E-state index < -0.39 is 5.97 Å². The van der Waals surface area contributed by atoms with E-state index in [1.807, 2.05) is 6.07 Å². The third-order valence-electron chi connectivity index (χ3n) is 3.77. The number of aromatic nitrogens is 3. The van der Waals surface area contributed by atoms with Gasteiger partial charge in [-0.15, -0.1) is 0 Å². The molecule has 1 aromatic carbocycles. The highest BCUT2D eigenvalue weighted by Crippen LogP contribution is 2.29. The lowest BCUT2D eigenvalue weighted by Crippen LogP contribution is -2.14. The maximum atomic E-state index is 13.2. The molecule has 6 heteroatoms. The second-order valence-electron chi connectivity index (χ2n) is 6.59. The minimum Gasteiger partial charge on any atom is -0.464 e. The predicted octanol–water partition coefficient (Wildman–Crippen LogP) is 3.62. The summed E-state index contributed by atoms with van der Waals surface area (Å²) in [6.45, 7) is 6.18. The molecule has 0 atom stereocenters. The van der Waals surface area contributed by atoms with Gasteiger partial charge in [-0.2, -0.15) is 5.10 Å². The lowest BCUT2D eigenvalue weighted by atomic mass is 9.87. The molecule has 5 nitrogen and oxygen atoms in total. The monoisotopic (exact) mass is 327 g/mol. The molecule has 0 aliphatic rings. The number of imidazole rings is 1. The van der Waals surface area contributed by atoms with Crippen LogP contribution < -0.4 is 0 Å². The molecule has 3 aromatic rings. The molecule has 0 unspecified atom stereocenters. The van der Waals surface area contributed by atoms with E-state index in [9.17, 15) is 9.18 Å². The zero-order valence-electron chi connectivity index (χ0n) is 14.0. The van der Waals surface area contributed by atoms with Crippen molar-refractivity contribution in [3.63, 3.8) is 0 Å². The number of benzene rings is 1. The number of hydrogen-bond acceptors (Lipinski definition) is 4. The Hall–Kier alpha value is -2.76. The molecule has 2 heterocycles. The van der Waals surface area contributed by atoms with Crippen LogP contribution >= 0.6 is 0 Å². The van der Waals surface area contributed by atoms with Crippen molar-refractivity contribution in [1.29, 1.82) is 0 Å². The lowest BCUT2D eigenvalue weighted by Gasteiger charge is -2.20. The van der Waals surface area contributed by atoms with E-state index in [2.05, 4.69) is 30.9 Å². The molecule has 0 amide bonds. The summed E-state index contributed by atoms with van der Waals surface area (Å²) in [4.78, 5) is 16.1. The van der Waals surface area contributed by atoms with Crippen LogP contribution in [0.5, 0.6) is 0 Å². The molecular formula is C18H18FN3O2. The number of esters is 1. The van der Waals surface area contributed by atoms with Crippen molar-refractivity contribution in [2.75, 3.05) is 7.11 Å². The molecule has 3 rings (SSSR count). The van der Waals surface area contributed by atoms with Gasteiger partial charge in [-0.1, -0.05) is 20.8 Å². The first-order valence-corrected chi connectivity index (χ1v) is 7.55. The van der Waals surface area contributed by atoms with Crippen LogP contribution in [0.15, 0.2) is 36.5 Å². The van der Waals surface area contributed by atoms with E-state index in [1.54, 1.807) is 22.8 Å². The first-order valence-electron chi connectivity index (χ1n) is 7.55. The SMILES string of the molecule is COC(=O)c1cn2nc(-c3ccc(F)cc3)cc(C(C)(C)C)c2n1. The van der Waals surface area contributed by atoms with Crippen LogP contribution in [0.1, 0.15) is 36.8 Å². The molecule has 0 aliphatic carbocycles. The summed E-state index contributed by atoms with van der Waals surface area (Å²) in [5.74, 6) is -0.810. The number of nitrogens with zero attached hydrogens (tertiary/aromatic N) is 3. The molecule has 0 saturated heterocycles. The fourth-order valence-electron chi connectivity index (χ4n) is 2.49. The highest BCUT2D eigenvalue weighted by molar-refractivity contribution is 5.88. The second kappa shape index (κ2) is 5.70. The Balaban J connectivity index is 2.25. The number of hydrogen-bond donors (Lipinski definition) is 0.